The molecule has 0 radical (unpaired) electrons. The number of nitrogens with zero attached hydrogens (tertiary/aromatic N) is 1. The van der Waals surface area contributed by atoms with Crippen LogP contribution in [0.1, 0.15) is 54.9 Å². The van der Waals surface area contributed by atoms with Gasteiger partial charge in [-0.15, -0.1) is 12.4 Å². The van der Waals surface area contributed by atoms with Crippen molar-refractivity contribution in [1.29, 1.82) is 0 Å². The molecule has 7 heteroatoms. The Morgan fingerprint density at radius 3 is 2.64 bits per heavy atom. The summed E-state index contributed by atoms with van der Waals surface area (Å²) in [7, 11) is 0. The number of aromatic amines is 1. The van der Waals surface area contributed by atoms with Crippen LogP contribution in [0.4, 0.5) is 0 Å². The van der Waals surface area contributed by atoms with Crippen LogP contribution in [-0.4, -0.2) is 28.0 Å². The second-order valence-corrected chi connectivity index (χ2v) is 7.12. The zero-order valence-electron chi connectivity index (χ0n) is 14.2. The number of carbonyl (C=O) groups excluding carboxylic acids is 1. The van der Waals surface area contributed by atoms with Crippen molar-refractivity contribution in [3.05, 3.63) is 34.2 Å². The van der Waals surface area contributed by atoms with Crippen molar-refractivity contribution in [2.45, 2.75) is 50.6 Å². The van der Waals surface area contributed by atoms with Gasteiger partial charge in [-0.2, -0.15) is 0 Å². The van der Waals surface area contributed by atoms with Crippen LogP contribution in [0, 0.1) is 5.92 Å². The molecule has 1 atom stereocenters. The van der Waals surface area contributed by atoms with Gasteiger partial charge in [-0.3, -0.25) is 9.36 Å². The Bertz CT molecular complexity index is 818. The number of hydrogen-bond acceptors (Lipinski definition) is 3. The zero-order chi connectivity index (χ0) is 16.7. The van der Waals surface area contributed by atoms with Gasteiger partial charge in [0.15, 0.2) is 0 Å². The molecule has 1 aromatic heterocycles. The Morgan fingerprint density at radius 1 is 1.28 bits per heavy atom. The van der Waals surface area contributed by atoms with Gasteiger partial charge in [0.25, 0.3) is 5.91 Å². The van der Waals surface area contributed by atoms with E-state index in [2.05, 4.69) is 10.3 Å². The number of amides is 1. The van der Waals surface area contributed by atoms with Crippen LogP contribution in [0.2, 0.25) is 0 Å². The van der Waals surface area contributed by atoms with Crippen molar-refractivity contribution in [2.24, 2.45) is 11.7 Å². The number of hydrogen-bond donors (Lipinski definition) is 3. The maximum atomic E-state index is 12.5. The predicted octanol–water partition coefficient (Wildman–Crippen LogP) is 2.33. The van der Waals surface area contributed by atoms with Crippen LogP contribution < -0.4 is 16.7 Å². The largest absolute Gasteiger partial charge is 0.348 e. The summed E-state index contributed by atoms with van der Waals surface area (Å²) >= 11 is 0. The van der Waals surface area contributed by atoms with E-state index in [0.29, 0.717) is 18.0 Å². The van der Waals surface area contributed by atoms with E-state index in [-0.39, 0.29) is 36.1 Å². The second kappa shape index (κ2) is 7.22. The topological polar surface area (TPSA) is 92.9 Å². The van der Waals surface area contributed by atoms with Crippen molar-refractivity contribution in [2.75, 3.05) is 6.54 Å². The molecule has 2 aliphatic carbocycles. The highest BCUT2D eigenvalue weighted by molar-refractivity contribution is 5.97. The van der Waals surface area contributed by atoms with Gasteiger partial charge in [-0.1, -0.05) is 12.8 Å². The van der Waals surface area contributed by atoms with E-state index in [1.165, 1.54) is 12.8 Å². The Morgan fingerprint density at radius 2 is 2.00 bits per heavy atom. The fourth-order valence-electron chi connectivity index (χ4n) is 3.92. The summed E-state index contributed by atoms with van der Waals surface area (Å²) in [5.74, 6) is 0.402. The van der Waals surface area contributed by atoms with Gasteiger partial charge in [-0.05, 0) is 49.8 Å². The summed E-state index contributed by atoms with van der Waals surface area (Å²) in [6.45, 7) is 0.466. The van der Waals surface area contributed by atoms with E-state index in [9.17, 15) is 9.59 Å². The van der Waals surface area contributed by atoms with Crippen LogP contribution in [0.5, 0.6) is 0 Å². The average Bonchev–Trinajstić information content (AvgIpc) is 3.17. The lowest BCUT2D eigenvalue weighted by atomic mass is 10.1. The molecular weight excluding hydrogens is 340 g/mol. The van der Waals surface area contributed by atoms with Crippen molar-refractivity contribution < 1.29 is 4.79 Å². The number of rotatable bonds is 5. The minimum Gasteiger partial charge on any atom is -0.348 e. The first kappa shape index (κ1) is 18.0. The van der Waals surface area contributed by atoms with Crippen LogP contribution in [-0.2, 0) is 0 Å². The standard InChI is InChI=1S/C18H24N4O2.ClH/c19-10-15(11-5-6-11)20-17(23)12-7-8-16-14(9-12)21-18(24)22(16)13-3-1-2-4-13;/h7-9,11,13,15H,1-6,10,19H2,(H,20,23)(H,21,24);1H. The van der Waals surface area contributed by atoms with Crippen molar-refractivity contribution >= 4 is 29.3 Å². The number of aromatic nitrogens is 2. The maximum Gasteiger partial charge on any atom is 0.326 e. The van der Waals surface area contributed by atoms with E-state index in [4.69, 9.17) is 5.73 Å². The highest BCUT2D eigenvalue weighted by atomic mass is 35.5. The molecule has 2 saturated carbocycles. The first-order valence-electron chi connectivity index (χ1n) is 8.92. The molecule has 1 unspecified atom stereocenters. The molecule has 1 heterocycles. The number of imidazole rings is 1. The quantitative estimate of drug-likeness (QED) is 0.760. The van der Waals surface area contributed by atoms with Crippen LogP contribution in [0.15, 0.2) is 23.0 Å². The summed E-state index contributed by atoms with van der Waals surface area (Å²) in [4.78, 5) is 27.7. The molecule has 1 amide bonds. The number of carbonyl (C=O) groups is 1. The third kappa shape index (κ3) is 3.46. The van der Waals surface area contributed by atoms with Gasteiger partial charge in [0.1, 0.15) is 0 Å². The lowest BCUT2D eigenvalue weighted by molar-refractivity contribution is 0.0933. The Labute approximate surface area is 152 Å². The predicted molar refractivity (Wildman–Crippen MR) is 100 cm³/mol. The monoisotopic (exact) mass is 364 g/mol. The van der Waals surface area contributed by atoms with Crippen LogP contribution in [0.3, 0.4) is 0 Å². The molecule has 1 aromatic carbocycles. The van der Waals surface area contributed by atoms with Crippen LogP contribution >= 0.6 is 12.4 Å². The van der Waals surface area contributed by atoms with Gasteiger partial charge in [0.05, 0.1) is 11.0 Å². The fraction of sp³-hybridized carbons (Fsp3) is 0.556. The third-order valence-corrected chi connectivity index (χ3v) is 5.43. The summed E-state index contributed by atoms with van der Waals surface area (Å²) in [6.07, 6.45) is 6.72. The Hall–Kier alpha value is -1.79. The van der Waals surface area contributed by atoms with Gasteiger partial charge in [-0.25, -0.2) is 4.79 Å². The first-order valence-corrected chi connectivity index (χ1v) is 8.92. The first-order chi connectivity index (χ1) is 11.7. The number of fused-ring (bicyclic) bond motifs is 1. The molecular formula is C18H25ClN4O2. The molecule has 0 bridgehead atoms. The summed E-state index contributed by atoms with van der Waals surface area (Å²) in [6, 6.07) is 5.79. The average molecular weight is 365 g/mol. The Balaban J connectivity index is 0.00000182. The van der Waals surface area contributed by atoms with Gasteiger partial charge < -0.3 is 16.0 Å². The van der Waals surface area contributed by atoms with E-state index in [1.54, 1.807) is 12.1 Å². The van der Waals surface area contributed by atoms with Crippen molar-refractivity contribution in [1.82, 2.24) is 14.9 Å². The fourth-order valence-corrected chi connectivity index (χ4v) is 3.92. The van der Waals surface area contributed by atoms with Crippen molar-refractivity contribution in [3.63, 3.8) is 0 Å². The van der Waals surface area contributed by atoms with Gasteiger partial charge in [0, 0.05) is 24.2 Å². The van der Waals surface area contributed by atoms with E-state index >= 15 is 0 Å². The third-order valence-electron chi connectivity index (χ3n) is 5.43. The summed E-state index contributed by atoms with van der Waals surface area (Å²) in [5, 5.41) is 3.02. The van der Waals surface area contributed by atoms with Gasteiger partial charge >= 0.3 is 5.69 Å². The molecule has 0 saturated heterocycles. The van der Waals surface area contributed by atoms with Crippen LogP contribution in [0.25, 0.3) is 11.0 Å². The molecule has 4 rings (SSSR count). The number of benzene rings is 1. The smallest absolute Gasteiger partial charge is 0.326 e. The lowest BCUT2D eigenvalue weighted by Crippen LogP contribution is -2.41. The lowest BCUT2D eigenvalue weighted by Gasteiger charge is -2.16. The van der Waals surface area contributed by atoms with E-state index in [1.807, 2.05) is 10.6 Å². The minimum absolute atomic E-state index is 0. The second-order valence-electron chi connectivity index (χ2n) is 7.12. The zero-order valence-corrected chi connectivity index (χ0v) is 15.0. The summed E-state index contributed by atoms with van der Waals surface area (Å²) in [5.41, 5.74) is 7.87. The number of halogens is 1. The van der Waals surface area contributed by atoms with Gasteiger partial charge in [0.2, 0.25) is 0 Å². The number of nitrogens with two attached hydrogens (primary N) is 1. The molecule has 4 N–H and O–H groups in total. The number of nitrogens with one attached hydrogen (secondary N) is 2. The summed E-state index contributed by atoms with van der Waals surface area (Å²) < 4.78 is 1.86. The minimum atomic E-state index is -0.117. The highest BCUT2D eigenvalue weighted by Crippen LogP contribution is 2.33. The molecule has 0 spiro atoms. The molecule has 6 nitrogen and oxygen atoms in total. The maximum absolute atomic E-state index is 12.5. The SMILES string of the molecule is Cl.NCC(NC(=O)c1ccc2c(c1)[nH]c(=O)n2C1CCCC1)C1CC1. The Kier molecular flexibility index (Phi) is 5.20. The molecule has 136 valence electrons. The molecule has 25 heavy (non-hydrogen) atoms. The normalized spacial score (nSPS) is 18.9. The molecule has 2 aromatic rings. The van der Waals surface area contributed by atoms with E-state index < -0.39 is 0 Å². The molecule has 2 fully saturated rings. The molecule has 0 aliphatic heterocycles. The van der Waals surface area contributed by atoms with E-state index in [0.717, 1.165) is 36.7 Å². The van der Waals surface area contributed by atoms with Crippen molar-refractivity contribution in [3.8, 4) is 0 Å². The molecule has 2 aliphatic rings. The number of H-pyrrole nitrogens is 1. The highest BCUT2D eigenvalue weighted by Gasteiger charge is 2.31.